The lowest BCUT2D eigenvalue weighted by molar-refractivity contribution is 0.279. The summed E-state index contributed by atoms with van der Waals surface area (Å²) >= 11 is 7.34. The van der Waals surface area contributed by atoms with Gasteiger partial charge >= 0.3 is 0 Å². The molecule has 0 bridgehead atoms. The zero-order valence-corrected chi connectivity index (χ0v) is 15.3. The van der Waals surface area contributed by atoms with Gasteiger partial charge in [-0.2, -0.15) is 0 Å². The number of benzene rings is 1. The zero-order valence-electron chi connectivity index (χ0n) is 13.7. The first-order valence-electron chi connectivity index (χ1n) is 7.84. The highest BCUT2D eigenvalue weighted by Gasteiger charge is 2.26. The fourth-order valence-corrected chi connectivity index (χ4v) is 3.66. The summed E-state index contributed by atoms with van der Waals surface area (Å²) in [5, 5.41) is 0.910. The van der Waals surface area contributed by atoms with Crippen LogP contribution in [0, 0.1) is 11.2 Å². The van der Waals surface area contributed by atoms with E-state index in [1.807, 2.05) is 0 Å². The molecule has 3 rings (SSSR count). The predicted octanol–water partition coefficient (Wildman–Crippen LogP) is 4.63. The molecule has 4 nitrogen and oxygen atoms in total. The van der Waals surface area contributed by atoms with E-state index < -0.39 is 0 Å². The van der Waals surface area contributed by atoms with Crippen molar-refractivity contribution in [1.82, 2.24) is 9.97 Å². The number of nitrogens with two attached hydrogens (primary N) is 1. The molecule has 2 heterocycles. The van der Waals surface area contributed by atoms with Gasteiger partial charge in [-0.05, 0) is 36.5 Å². The highest BCUT2D eigenvalue weighted by molar-refractivity contribution is 7.99. The highest BCUT2D eigenvalue weighted by atomic mass is 35.5. The second-order valence-electron chi connectivity index (χ2n) is 6.75. The van der Waals surface area contributed by atoms with Crippen molar-refractivity contribution in [2.45, 2.75) is 36.6 Å². The van der Waals surface area contributed by atoms with E-state index in [-0.39, 0.29) is 5.82 Å². The minimum Gasteiger partial charge on any atom is -0.381 e. The van der Waals surface area contributed by atoms with Crippen molar-refractivity contribution in [2.75, 3.05) is 23.7 Å². The Kier molecular flexibility index (Phi) is 4.88. The molecule has 0 unspecified atom stereocenters. The Morgan fingerprint density at radius 3 is 2.62 bits per heavy atom. The number of anilines is 2. The van der Waals surface area contributed by atoms with Crippen molar-refractivity contribution in [1.29, 1.82) is 0 Å². The maximum absolute atomic E-state index is 13.1. The molecule has 1 aliphatic rings. The minimum absolute atomic E-state index is 0.337. The van der Waals surface area contributed by atoms with Gasteiger partial charge < -0.3 is 10.6 Å². The molecule has 0 atom stereocenters. The number of hydrogen-bond acceptors (Lipinski definition) is 5. The molecule has 1 saturated heterocycles. The van der Waals surface area contributed by atoms with E-state index in [9.17, 15) is 4.39 Å². The van der Waals surface area contributed by atoms with E-state index in [1.165, 1.54) is 23.9 Å². The fourth-order valence-electron chi connectivity index (χ4n) is 2.62. The van der Waals surface area contributed by atoms with Crippen LogP contribution in [0.5, 0.6) is 0 Å². The Morgan fingerprint density at radius 2 is 2.00 bits per heavy atom. The van der Waals surface area contributed by atoms with Crippen molar-refractivity contribution in [3.05, 3.63) is 35.2 Å². The van der Waals surface area contributed by atoms with E-state index in [2.05, 4.69) is 28.7 Å². The van der Waals surface area contributed by atoms with Crippen LogP contribution in [-0.4, -0.2) is 23.1 Å². The van der Waals surface area contributed by atoms with Crippen molar-refractivity contribution in [3.8, 4) is 0 Å². The van der Waals surface area contributed by atoms with Crippen molar-refractivity contribution in [3.63, 3.8) is 0 Å². The Labute approximate surface area is 150 Å². The first-order chi connectivity index (χ1) is 11.3. The predicted molar refractivity (Wildman–Crippen MR) is 97.2 cm³/mol. The van der Waals surface area contributed by atoms with Gasteiger partial charge in [-0.25, -0.2) is 14.4 Å². The van der Waals surface area contributed by atoms with Gasteiger partial charge in [0.15, 0.2) is 5.82 Å². The molecule has 1 aromatic carbocycles. The number of nitrogens with zero attached hydrogens (tertiary/aromatic N) is 3. The van der Waals surface area contributed by atoms with Gasteiger partial charge in [-0.3, -0.25) is 0 Å². The van der Waals surface area contributed by atoms with Gasteiger partial charge in [0.2, 0.25) is 0 Å². The summed E-state index contributed by atoms with van der Waals surface area (Å²) in [5.74, 6) is 0.798. The molecule has 0 radical (unpaired) electrons. The summed E-state index contributed by atoms with van der Waals surface area (Å²) in [6, 6.07) is 4.25. The molecule has 0 aliphatic carbocycles. The van der Waals surface area contributed by atoms with E-state index >= 15 is 0 Å². The lowest BCUT2D eigenvalue weighted by atomic mass is 9.83. The topological polar surface area (TPSA) is 55.0 Å². The number of hydrogen-bond donors (Lipinski definition) is 1. The molecule has 2 N–H and O–H groups in total. The molecule has 2 aromatic rings. The lowest BCUT2D eigenvalue weighted by Crippen LogP contribution is -2.37. The van der Waals surface area contributed by atoms with E-state index in [4.69, 9.17) is 17.3 Å². The van der Waals surface area contributed by atoms with Gasteiger partial charge in [-0.15, -0.1) is 0 Å². The van der Waals surface area contributed by atoms with Gasteiger partial charge in [-0.1, -0.05) is 37.2 Å². The molecular formula is C17H20ClFN4S. The second-order valence-corrected chi connectivity index (χ2v) is 8.18. The third kappa shape index (κ3) is 3.92. The average Bonchev–Trinajstić information content (AvgIpc) is 2.52. The van der Waals surface area contributed by atoms with Crippen molar-refractivity contribution in [2.24, 2.45) is 5.41 Å². The summed E-state index contributed by atoms with van der Waals surface area (Å²) < 4.78 is 13.1. The first kappa shape index (κ1) is 17.3. The third-order valence-electron chi connectivity index (χ3n) is 4.29. The second kappa shape index (κ2) is 6.76. The summed E-state index contributed by atoms with van der Waals surface area (Å²) in [6.07, 6.45) is 3.99. The Hall–Kier alpha value is -1.53. The van der Waals surface area contributed by atoms with Gasteiger partial charge in [0.1, 0.15) is 16.7 Å². The van der Waals surface area contributed by atoms with E-state index in [1.54, 1.807) is 12.3 Å². The number of halogens is 2. The summed E-state index contributed by atoms with van der Waals surface area (Å²) in [7, 11) is 0. The van der Waals surface area contributed by atoms with E-state index in [0.29, 0.717) is 26.2 Å². The molecule has 128 valence electrons. The normalized spacial score (nSPS) is 17.1. The van der Waals surface area contributed by atoms with Gasteiger partial charge in [0.05, 0.1) is 11.2 Å². The quantitative estimate of drug-likeness (QED) is 0.858. The van der Waals surface area contributed by atoms with Crippen LogP contribution in [0.4, 0.5) is 16.0 Å². The van der Waals surface area contributed by atoms with Gasteiger partial charge in [0, 0.05) is 18.0 Å². The lowest BCUT2D eigenvalue weighted by Gasteiger charge is -2.37. The summed E-state index contributed by atoms with van der Waals surface area (Å²) in [4.78, 5) is 11.8. The fraction of sp³-hybridized carbons (Fsp3) is 0.412. The molecule has 0 amide bonds. The van der Waals surface area contributed by atoms with Crippen molar-refractivity contribution >= 4 is 35.0 Å². The molecule has 0 spiro atoms. The summed E-state index contributed by atoms with van der Waals surface area (Å²) in [5.41, 5.74) is 6.45. The first-order valence-corrected chi connectivity index (χ1v) is 9.04. The number of nitrogen functional groups attached to an aromatic ring is 1. The third-order valence-corrected chi connectivity index (χ3v) is 5.80. The van der Waals surface area contributed by atoms with Gasteiger partial charge in [0.25, 0.3) is 0 Å². The Balaban J connectivity index is 1.75. The SMILES string of the molecule is CC1(C)CCN(c2cnc(Sc3ccc(F)cc3Cl)c(N)n2)CC1. The smallest absolute Gasteiger partial charge is 0.158 e. The highest BCUT2D eigenvalue weighted by Crippen LogP contribution is 2.36. The van der Waals surface area contributed by atoms with Crippen LogP contribution in [-0.2, 0) is 0 Å². The zero-order chi connectivity index (χ0) is 17.3. The molecule has 0 saturated carbocycles. The van der Waals surface area contributed by atoms with Crippen LogP contribution in [0.2, 0.25) is 5.02 Å². The van der Waals surface area contributed by atoms with Crippen molar-refractivity contribution < 1.29 is 4.39 Å². The van der Waals surface area contributed by atoms with Crippen LogP contribution >= 0.6 is 23.4 Å². The molecular weight excluding hydrogens is 347 g/mol. The number of rotatable bonds is 3. The van der Waals surface area contributed by atoms with Crippen LogP contribution < -0.4 is 10.6 Å². The molecule has 1 aliphatic heterocycles. The van der Waals surface area contributed by atoms with Crippen LogP contribution in [0.1, 0.15) is 26.7 Å². The summed E-state index contributed by atoms with van der Waals surface area (Å²) in [6.45, 7) is 6.49. The number of aromatic nitrogens is 2. The Morgan fingerprint density at radius 1 is 1.29 bits per heavy atom. The maximum Gasteiger partial charge on any atom is 0.158 e. The molecule has 1 fully saturated rings. The number of piperidine rings is 1. The average molecular weight is 367 g/mol. The van der Waals surface area contributed by atoms with E-state index in [0.717, 1.165) is 31.7 Å². The maximum atomic E-state index is 13.1. The molecule has 24 heavy (non-hydrogen) atoms. The molecule has 7 heteroatoms. The monoisotopic (exact) mass is 366 g/mol. The van der Waals surface area contributed by atoms with Crippen LogP contribution in [0.3, 0.4) is 0 Å². The molecule has 1 aromatic heterocycles. The largest absolute Gasteiger partial charge is 0.381 e. The standard InChI is InChI=1S/C17H20ClFN4S/c1-17(2)5-7-23(8-6-17)14-10-21-16(15(20)22-14)24-13-4-3-11(19)9-12(13)18/h3-4,9-10H,5-8H2,1-2H3,(H2,20,22). The minimum atomic E-state index is -0.369. The Bertz CT molecular complexity index is 743. The van der Waals surface area contributed by atoms with Crippen LogP contribution in [0.25, 0.3) is 0 Å². The van der Waals surface area contributed by atoms with Crippen LogP contribution in [0.15, 0.2) is 34.3 Å².